The smallest absolute Gasteiger partial charge is 0.232 e. The van der Waals surface area contributed by atoms with Crippen molar-refractivity contribution >= 4 is 27.8 Å². The third-order valence-corrected chi connectivity index (χ3v) is 5.62. The monoisotopic (exact) mass is 410 g/mol. The summed E-state index contributed by atoms with van der Waals surface area (Å²) < 4.78 is 6.30. The third kappa shape index (κ3) is 4.84. The van der Waals surface area contributed by atoms with Crippen molar-refractivity contribution in [3.8, 4) is 5.88 Å². The van der Waals surface area contributed by atoms with Crippen LogP contribution in [0.2, 0.25) is 0 Å². The molecule has 3 rings (SSSR count). The number of anilines is 1. The molecule has 1 aromatic heterocycles. The zero-order valence-electron chi connectivity index (χ0n) is 14.8. The van der Waals surface area contributed by atoms with Gasteiger partial charge in [0.25, 0.3) is 0 Å². The Morgan fingerprint density at radius 3 is 2.68 bits per heavy atom. The van der Waals surface area contributed by atoms with Crippen LogP contribution in [0, 0.1) is 5.92 Å². The van der Waals surface area contributed by atoms with Crippen molar-refractivity contribution in [2.24, 2.45) is 5.92 Å². The van der Waals surface area contributed by atoms with E-state index < -0.39 is 0 Å². The minimum Gasteiger partial charge on any atom is -0.477 e. The van der Waals surface area contributed by atoms with Crippen molar-refractivity contribution in [1.29, 1.82) is 0 Å². The van der Waals surface area contributed by atoms with E-state index in [4.69, 9.17) is 4.74 Å². The lowest BCUT2D eigenvalue weighted by atomic mass is 9.88. The lowest BCUT2D eigenvalue weighted by Crippen LogP contribution is -2.47. The summed E-state index contributed by atoms with van der Waals surface area (Å²) in [4.78, 5) is 23.5. The lowest BCUT2D eigenvalue weighted by molar-refractivity contribution is -0.126. The Hall–Kier alpha value is -1.37. The number of ether oxygens (including phenoxy) is 1. The second-order valence-electron chi connectivity index (χ2n) is 6.86. The van der Waals surface area contributed by atoms with Gasteiger partial charge in [0.05, 0.1) is 17.3 Å². The fourth-order valence-corrected chi connectivity index (χ4v) is 3.95. The van der Waals surface area contributed by atoms with Gasteiger partial charge in [-0.3, -0.25) is 4.79 Å². The van der Waals surface area contributed by atoms with Crippen LogP contribution in [0.15, 0.2) is 10.7 Å². The molecule has 0 aromatic carbocycles. The topological polar surface area (TPSA) is 67.3 Å². The van der Waals surface area contributed by atoms with Gasteiger partial charge in [-0.15, -0.1) is 0 Å². The molecule has 6 nitrogen and oxygen atoms in total. The molecule has 0 bridgehead atoms. The predicted octanol–water partition coefficient (Wildman–Crippen LogP) is 3.30. The number of aromatic nitrogens is 2. The molecular formula is C18H27BrN4O2. The number of carbonyl (C=O) groups is 1. The molecule has 1 aromatic rings. The van der Waals surface area contributed by atoms with Gasteiger partial charge < -0.3 is 15.0 Å². The number of rotatable bonds is 5. The van der Waals surface area contributed by atoms with Gasteiger partial charge in [-0.25, -0.2) is 4.98 Å². The summed E-state index contributed by atoms with van der Waals surface area (Å²) in [5, 5.41) is 3.26. The number of nitrogens with one attached hydrogen (secondary N) is 1. The molecule has 7 heteroatoms. The molecule has 138 valence electrons. The molecular weight excluding hydrogens is 384 g/mol. The Morgan fingerprint density at radius 2 is 2.00 bits per heavy atom. The first-order chi connectivity index (χ1) is 12.2. The van der Waals surface area contributed by atoms with Crippen molar-refractivity contribution in [3.63, 3.8) is 0 Å². The van der Waals surface area contributed by atoms with E-state index in [1.165, 1.54) is 19.3 Å². The fourth-order valence-electron chi connectivity index (χ4n) is 3.64. The van der Waals surface area contributed by atoms with Crippen LogP contribution in [0.25, 0.3) is 0 Å². The van der Waals surface area contributed by atoms with Crippen molar-refractivity contribution in [3.05, 3.63) is 10.7 Å². The first kappa shape index (κ1) is 18.4. The Bertz CT molecular complexity index is 584. The summed E-state index contributed by atoms with van der Waals surface area (Å²) in [7, 11) is 0. The maximum absolute atomic E-state index is 12.4. The molecule has 1 N–H and O–H groups in total. The minimum atomic E-state index is 0.232. The predicted molar refractivity (Wildman–Crippen MR) is 101 cm³/mol. The van der Waals surface area contributed by atoms with E-state index in [0.29, 0.717) is 18.4 Å². The van der Waals surface area contributed by atoms with Gasteiger partial charge in [-0.1, -0.05) is 19.3 Å². The quantitative estimate of drug-likeness (QED) is 0.806. The lowest BCUT2D eigenvalue weighted by Gasteiger charge is -2.33. The SMILES string of the molecule is CCOc1nc(N2CCC(NC(=O)C3CCCCC3)CC2)ncc1Br. The summed E-state index contributed by atoms with van der Waals surface area (Å²) in [6.07, 6.45) is 9.38. The number of hydrogen-bond acceptors (Lipinski definition) is 5. The van der Waals surface area contributed by atoms with Crippen LogP contribution in [0.3, 0.4) is 0 Å². The van der Waals surface area contributed by atoms with E-state index in [2.05, 4.69) is 36.1 Å². The maximum Gasteiger partial charge on any atom is 0.232 e. The highest BCUT2D eigenvalue weighted by molar-refractivity contribution is 9.10. The van der Waals surface area contributed by atoms with Crippen LogP contribution in [0.4, 0.5) is 5.95 Å². The second-order valence-corrected chi connectivity index (χ2v) is 7.72. The molecule has 1 saturated carbocycles. The number of hydrogen-bond donors (Lipinski definition) is 1. The number of amides is 1. The first-order valence-corrected chi connectivity index (χ1v) is 10.2. The number of nitrogens with zero attached hydrogens (tertiary/aromatic N) is 3. The summed E-state index contributed by atoms with van der Waals surface area (Å²) in [5.74, 6) is 1.77. The van der Waals surface area contributed by atoms with Gasteiger partial charge in [0.2, 0.25) is 17.7 Å². The van der Waals surface area contributed by atoms with Gasteiger partial charge in [0.1, 0.15) is 0 Å². The van der Waals surface area contributed by atoms with Crippen molar-refractivity contribution in [1.82, 2.24) is 15.3 Å². The van der Waals surface area contributed by atoms with Crippen LogP contribution in [0.5, 0.6) is 5.88 Å². The highest BCUT2D eigenvalue weighted by Crippen LogP contribution is 2.26. The third-order valence-electron chi connectivity index (χ3n) is 5.08. The molecule has 0 spiro atoms. The van der Waals surface area contributed by atoms with E-state index in [1.54, 1.807) is 6.20 Å². The molecule has 0 unspecified atom stereocenters. The van der Waals surface area contributed by atoms with E-state index >= 15 is 0 Å². The minimum absolute atomic E-state index is 0.232. The molecule has 1 aliphatic carbocycles. The zero-order chi connectivity index (χ0) is 17.6. The van der Waals surface area contributed by atoms with Gasteiger partial charge in [-0.2, -0.15) is 4.98 Å². The fraction of sp³-hybridized carbons (Fsp3) is 0.722. The van der Waals surface area contributed by atoms with Gasteiger partial charge in [0, 0.05) is 25.0 Å². The number of carbonyl (C=O) groups excluding carboxylic acids is 1. The zero-order valence-corrected chi connectivity index (χ0v) is 16.4. The van der Waals surface area contributed by atoms with E-state index in [1.807, 2.05) is 6.92 Å². The van der Waals surface area contributed by atoms with Crippen LogP contribution in [-0.4, -0.2) is 41.6 Å². The van der Waals surface area contributed by atoms with E-state index in [9.17, 15) is 4.79 Å². The molecule has 0 radical (unpaired) electrons. The molecule has 2 fully saturated rings. The van der Waals surface area contributed by atoms with Gasteiger partial charge in [0.15, 0.2) is 0 Å². The molecule has 2 heterocycles. The van der Waals surface area contributed by atoms with E-state index in [0.717, 1.165) is 43.2 Å². The van der Waals surface area contributed by atoms with Crippen LogP contribution in [0.1, 0.15) is 51.9 Å². The average molecular weight is 411 g/mol. The standard InChI is InChI=1S/C18H27BrN4O2/c1-2-25-17-15(19)12-20-18(22-17)23-10-8-14(9-11-23)21-16(24)13-6-4-3-5-7-13/h12-14H,2-11H2,1H3,(H,21,24). The largest absolute Gasteiger partial charge is 0.477 e. The summed E-state index contributed by atoms with van der Waals surface area (Å²) in [5.41, 5.74) is 0. The molecule has 1 saturated heterocycles. The van der Waals surface area contributed by atoms with Gasteiger partial charge >= 0.3 is 0 Å². The molecule has 25 heavy (non-hydrogen) atoms. The van der Waals surface area contributed by atoms with E-state index in [-0.39, 0.29) is 17.9 Å². The molecule has 1 amide bonds. The van der Waals surface area contributed by atoms with Crippen molar-refractivity contribution in [2.75, 3.05) is 24.6 Å². The highest BCUT2D eigenvalue weighted by Gasteiger charge is 2.26. The normalized spacial score (nSPS) is 19.7. The Kier molecular flexibility index (Phi) is 6.51. The molecule has 1 aliphatic heterocycles. The number of halogens is 1. The second kappa shape index (κ2) is 8.83. The maximum atomic E-state index is 12.4. The van der Waals surface area contributed by atoms with Crippen LogP contribution >= 0.6 is 15.9 Å². The van der Waals surface area contributed by atoms with Crippen molar-refractivity contribution in [2.45, 2.75) is 57.9 Å². The summed E-state index contributed by atoms with van der Waals surface area (Å²) >= 11 is 3.41. The molecule has 2 aliphatic rings. The molecule has 0 atom stereocenters. The first-order valence-electron chi connectivity index (χ1n) is 9.38. The van der Waals surface area contributed by atoms with Gasteiger partial charge in [-0.05, 0) is 48.5 Å². The van der Waals surface area contributed by atoms with Crippen molar-refractivity contribution < 1.29 is 9.53 Å². The van der Waals surface area contributed by atoms with Crippen LogP contribution < -0.4 is 15.0 Å². The Morgan fingerprint density at radius 1 is 1.28 bits per heavy atom. The Labute approximate surface area is 157 Å². The average Bonchev–Trinajstić information content (AvgIpc) is 2.65. The van der Waals surface area contributed by atoms with Crippen LogP contribution in [-0.2, 0) is 4.79 Å². The summed E-state index contributed by atoms with van der Waals surface area (Å²) in [6, 6.07) is 0.271. The Balaban J connectivity index is 1.51. The summed E-state index contributed by atoms with van der Waals surface area (Å²) in [6.45, 7) is 4.21. The highest BCUT2D eigenvalue weighted by atomic mass is 79.9. The number of piperidine rings is 1.